The van der Waals surface area contributed by atoms with Gasteiger partial charge in [-0.15, -0.1) is 0 Å². The van der Waals surface area contributed by atoms with Crippen LogP contribution in [0.5, 0.6) is 0 Å². The van der Waals surface area contributed by atoms with Crippen LogP contribution >= 0.6 is 12.2 Å². The number of imidazole rings is 1. The van der Waals surface area contributed by atoms with Crippen molar-refractivity contribution in [3.05, 3.63) is 54.6 Å². The number of nitrogens with zero attached hydrogens (tertiary/aromatic N) is 2. The molecule has 0 aliphatic carbocycles. The molecule has 5 atom stereocenters. The SMILES string of the molecule is CC(C)(C)[Si](C)(C)O[C@H](CCCCCC[C@H](OC(=S)n1ccnc1)[C@H]1CC[C@@H]([C@@H]2CO2)O1)COCc1ccccc1. The largest absolute Gasteiger partial charge is 0.464 e. The van der Waals surface area contributed by atoms with E-state index >= 15 is 0 Å². The molecule has 7 nitrogen and oxygen atoms in total. The average Bonchev–Trinajstić information content (AvgIpc) is 3.41. The third-order valence-electron chi connectivity index (χ3n) is 8.69. The van der Waals surface area contributed by atoms with Gasteiger partial charge in [-0.1, -0.05) is 70.4 Å². The second kappa shape index (κ2) is 15.2. The van der Waals surface area contributed by atoms with Crippen LogP contribution in [0.15, 0.2) is 49.1 Å². The number of hydrogen-bond donors (Lipinski definition) is 0. The van der Waals surface area contributed by atoms with Gasteiger partial charge in [-0.3, -0.25) is 4.57 Å². The van der Waals surface area contributed by atoms with Gasteiger partial charge in [0.25, 0.3) is 5.17 Å². The lowest BCUT2D eigenvalue weighted by molar-refractivity contribution is -0.0391. The zero-order valence-electron chi connectivity index (χ0n) is 25.6. The number of ether oxygens (including phenoxy) is 4. The lowest BCUT2D eigenvalue weighted by Gasteiger charge is -2.39. The van der Waals surface area contributed by atoms with Crippen LogP contribution in [-0.4, -0.2) is 66.8 Å². The van der Waals surface area contributed by atoms with Crippen molar-refractivity contribution in [3.8, 4) is 0 Å². The number of hydrogen-bond acceptors (Lipinski definition) is 7. The molecule has 9 heteroatoms. The molecule has 2 aliphatic heterocycles. The van der Waals surface area contributed by atoms with E-state index < -0.39 is 8.32 Å². The minimum atomic E-state index is -1.89. The predicted octanol–water partition coefficient (Wildman–Crippen LogP) is 7.30. The summed E-state index contributed by atoms with van der Waals surface area (Å²) in [7, 11) is -1.89. The lowest BCUT2D eigenvalue weighted by Crippen LogP contribution is -2.45. The summed E-state index contributed by atoms with van der Waals surface area (Å²) in [6.07, 6.45) is 14.2. The van der Waals surface area contributed by atoms with Crippen molar-refractivity contribution in [1.29, 1.82) is 0 Å². The van der Waals surface area contributed by atoms with E-state index in [0.717, 1.165) is 58.0 Å². The van der Waals surface area contributed by atoms with Crippen LogP contribution in [0.4, 0.5) is 0 Å². The van der Waals surface area contributed by atoms with Gasteiger partial charge >= 0.3 is 0 Å². The standard InChI is InChI=1S/C32H50N2O5SSi/c1-32(2,3)41(4,5)39-26(22-35-21-25-13-9-8-10-14-25)15-11-6-7-12-16-27(38-31(40)34-20-19-33-24-34)28-17-18-29(37-28)30-23-36-30/h8-10,13-14,19-20,24,26-30H,6-7,11-12,15-18,21-23H2,1-5H3/t26-,27+,28-,29+,30+/m1/s1. The molecule has 0 bridgehead atoms. The van der Waals surface area contributed by atoms with Gasteiger partial charge in [0.2, 0.25) is 0 Å². The summed E-state index contributed by atoms with van der Waals surface area (Å²) in [5.74, 6) is 0. The highest BCUT2D eigenvalue weighted by atomic mass is 32.1. The first-order valence-electron chi connectivity index (χ1n) is 15.4. The van der Waals surface area contributed by atoms with Gasteiger partial charge in [0, 0.05) is 12.4 Å². The summed E-state index contributed by atoms with van der Waals surface area (Å²) < 4.78 is 32.8. The van der Waals surface area contributed by atoms with Crippen LogP contribution in [0.1, 0.15) is 77.7 Å². The fourth-order valence-electron chi connectivity index (χ4n) is 5.11. The van der Waals surface area contributed by atoms with Crippen molar-refractivity contribution < 1.29 is 23.4 Å². The molecule has 41 heavy (non-hydrogen) atoms. The van der Waals surface area contributed by atoms with Crippen LogP contribution in [-0.2, 0) is 30.0 Å². The molecule has 0 amide bonds. The molecule has 0 N–H and O–H groups in total. The molecule has 0 radical (unpaired) electrons. The number of thiocarbonyl (C=S) groups is 1. The Morgan fingerprint density at radius 1 is 1.07 bits per heavy atom. The summed E-state index contributed by atoms with van der Waals surface area (Å²) in [6.45, 7) is 13.6. The number of rotatable bonds is 16. The van der Waals surface area contributed by atoms with E-state index in [0.29, 0.717) is 18.4 Å². The van der Waals surface area contributed by atoms with E-state index in [1.807, 2.05) is 12.3 Å². The molecule has 2 aliphatic rings. The molecule has 1 aromatic heterocycles. The van der Waals surface area contributed by atoms with Gasteiger partial charge in [0.15, 0.2) is 8.32 Å². The monoisotopic (exact) mass is 602 g/mol. The summed E-state index contributed by atoms with van der Waals surface area (Å²) in [6, 6.07) is 10.4. The third kappa shape index (κ3) is 10.3. The Kier molecular flexibility index (Phi) is 12.0. The van der Waals surface area contributed by atoms with Crippen LogP contribution in [0.25, 0.3) is 0 Å². The minimum Gasteiger partial charge on any atom is -0.464 e. The Labute approximate surface area is 253 Å². The van der Waals surface area contributed by atoms with Crippen molar-refractivity contribution >= 4 is 25.7 Å². The summed E-state index contributed by atoms with van der Waals surface area (Å²) >= 11 is 5.56. The van der Waals surface area contributed by atoms with E-state index in [1.54, 1.807) is 17.1 Å². The Hall–Kier alpha value is -1.62. The van der Waals surface area contributed by atoms with Crippen molar-refractivity contribution in [1.82, 2.24) is 9.55 Å². The molecule has 2 saturated heterocycles. The zero-order valence-corrected chi connectivity index (χ0v) is 27.4. The highest BCUT2D eigenvalue weighted by Crippen LogP contribution is 2.38. The van der Waals surface area contributed by atoms with Gasteiger partial charge < -0.3 is 23.4 Å². The first-order valence-corrected chi connectivity index (χ1v) is 18.7. The molecule has 0 spiro atoms. The van der Waals surface area contributed by atoms with Crippen LogP contribution in [0.2, 0.25) is 18.1 Å². The average molecular weight is 603 g/mol. The maximum atomic E-state index is 6.81. The number of unbranched alkanes of at least 4 members (excludes halogenated alkanes) is 3. The highest BCUT2D eigenvalue weighted by Gasteiger charge is 2.42. The molecule has 2 aromatic rings. The molecule has 0 saturated carbocycles. The topological polar surface area (TPSA) is 67.3 Å². The number of benzene rings is 1. The van der Waals surface area contributed by atoms with Crippen molar-refractivity contribution in [2.45, 2.75) is 127 Å². The predicted molar refractivity (Wildman–Crippen MR) is 169 cm³/mol. The van der Waals surface area contributed by atoms with Gasteiger partial charge in [-0.25, -0.2) is 4.98 Å². The number of epoxide rings is 1. The third-order valence-corrected chi connectivity index (χ3v) is 13.5. The lowest BCUT2D eigenvalue weighted by atomic mass is 10.0. The first-order chi connectivity index (χ1) is 19.6. The summed E-state index contributed by atoms with van der Waals surface area (Å²) in [5.41, 5.74) is 1.20. The van der Waals surface area contributed by atoms with Crippen LogP contribution < -0.4 is 0 Å². The molecule has 4 rings (SSSR count). The second-order valence-corrected chi connectivity index (χ2v) is 18.2. The van der Waals surface area contributed by atoms with Gasteiger partial charge in [-0.2, -0.15) is 0 Å². The summed E-state index contributed by atoms with van der Waals surface area (Å²) in [4.78, 5) is 4.10. The molecule has 3 heterocycles. The first kappa shape index (κ1) is 32.3. The van der Waals surface area contributed by atoms with Crippen LogP contribution in [0.3, 0.4) is 0 Å². The molecule has 2 fully saturated rings. The quantitative estimate of drug-likeness (QED) is 0.0865. The van der Waals surface area contributed by atoms with E-state index in [1.165, 1.54) is 5.56 Å². The molecular formula is C32H50N2O5SSi. The van der Waals surface area contributed by atoms with Gasteiger partial charge in [0.1, 0.15) is 18.5 Å². The van der Waals surface area contributed by atoms with E-state index in [4.69, 9.17) is 35.6 Å². The van der Waals surface area contributed by atoms with E-state index in [-0.39, 0.29) is 35.6 Å². The normalized spacial score (nSPS) is 22.4. The molecule has 0 unspecified atom stereocenters. The molecule has 228 valence electrons. The van der Waals surface area contributed by atoms with Crippen molar-refractivity contribution in [3.63, 3.8) is 0 Å². The Balaban J connectivity index is 1.23. The van der Waals surface area contributed by atoms with E-state index in [2.05, 4.69) is 63.1 Å². The Morgan fingerprint density at radius 2 is 1.80 bits per heavy atom. The van der Waals surface area contributed by atoms with Crippen molar-refractivity contribution in [2.75, 3.05) is 13.2 Å². The smallest absolute Gasteiger partial charge is 0.269 e. The van der Waals surface area contributed by atoms with Gasteiger partial charge in [0.05, 0.1) is 38.1 Å². The summed E-state index contributed by atoms with van der Waals surface area (Å²) in [5, 5.41) is 0.604. The maximum Gasteiger partial charge on any atom is 0.269 e. The maximum absolute atomic E-state index is 6.81. The van der Waals surface area contributed by atoms with Crippen LogP contribution in [0, 0.1) is 0 Å². The second-order valence-electron chi connectivity index (χ2n) is 13.0. The molecule has 1 aromatic carbocycles. The molecular weight excluding hydrogens is 553 g/mol. The Bertz CT molecular complexity index is 1040. The van der Waals surface area contributed by atoms with E-state index in [9.17, 15) is 0 Å². The van der Waals surface area contributed by atoms with Gasteiger partial charge in [-0.05, 0) is 68.0 Å². The fraction of sp³-hybridized carbons (Fsp3) is 0.688. The highest BCUT2D eigenvalue weighted by molar-refractivity contribution is 7.80. The zero-order chi connectivity index (χ0) is 29.3. The Morgan fingerprint density at radius 3 is 2.46 bits per heavy atom. The fourth-order valence-corrected chi connectivity index (χ4v) is 6.71. The number of aromatic nitrogens is 2. The van der Waals surface area contributed by atoms with Crippen molar-refractivity contribution in [2.24, 2.45) is 0 Å². The minimum absolute atomic E-state index is 0.0507.